The van der Waals surface area contributed by atoms with Crippen LogP contribution in [-0.2, 0) is 9.59 Å². The van der Waals surface area contributed by atoms with E-state index in [2.05, 4.69) is 16.0 Å². The number of hydrogen-bond acceptors (Lipinski definition) is 3. The van der Waals surface area contributed by atoms with E-state index in [0.29, 0.717) is 23.7 Å². The van der Waals surface area contributed by atoms with Gasteiger partial charge in [-0.3, -0.25) is 14.4 Å². The van der Waals surface area contributed by atoms with Gasteiger partial charge in [0.15, 0.2) is 0 Å². The Kier molecular flexibility index (Phi) is 4.92. The maximum absolute atomic E-state index is 11.9. The molecule has 0 aliphatic heterocycles. The van der Waals surface area contributed by atoms with Crippen molar-refractivity contribution in [1.82, 2.24) is 10.6 Å². The molecule has 0 bridgehead atoms. The van der Waals surface area contributed by atoms with Crippen molar-refractivity contribution >= 4 is 23.4 Å². The van der Waals surface area contributed by atoms with Gasteiger partial charge in [-0.1, -0.05) is 13.0 Å². The summed E-state index contributed by atoms with van der Waals surface area (Å²) in [6.07, 6.45) is 2.39. The van der Waals surface area contributed by atoms with E-state index in [0.717, 1.165) is 12.8 Å². The largest absolute Gasteiger partial charge is 0.349 e. The van der Waals surface area contributed by atoms with Crippen molar-refractivity contribution in [2.45, 2.75) is 32.2 Å². The van der Waals surface area contributed by atoms with E-state index < -0.39 is 0 Å². The summed E-state index contributed by atoms with van der Waals surface area (Å²) in [6.45, 7) is 1.64. The Hall–Kier alpha value is -2.37. The van der Waals surface area contributed by atoms with E-state index in [1.54, 1.807) is 31.2 Å². The molecule has 3 amide bonds. The van der Waals surface area contributed by atoms with Gasteiger partial charge in [0.25, 0.3) is 5.91 Å². The molecule has 1 aromatic carbocycles. The minimum atomic E-state index is -0.323. The highest BCUT2D eigenvalue weighted by molar-refractivity contribution is 5.98. The van der Waals surface area contributed by atoms with Crippen molar-refractivity contribution in [2.75, 3.05) is 11.9 Å². The van der Waals surface area contributed by atoms with Crippen LogP contribution in [0.2, 0.25) is 0 Å². The number of rotatable bonds is 6. The van der Waals surface area contributed by atoms with Crippen molar-refractivity contribution in [1.29, 1.82) is 0 Å². The molecule has 112 valence electrons. The van der Waals surface area contributed by atoms with Crippen molar-refractivity contribution in [3.8, 4) is 0 Å². The minimum Gasteiger partial charge on any atom is -0.349 e. The third-order valence-electron chi connectivity index (χ3n) is 3.09. The minimum absolute atomic E-state index is 0.0782. The van der Waals surface area contributed by atoms with E-state index in [1.807, 2.05) is 0 Å². The Morgan fingerprint density at radius 2 is 1.95 bits per heavy atom. The zero-order valence-electron chi connectivity index (χ0n) is 11.9. The Morgan fingerprint density at radius 3 is 2.62 bits per heavy atom. The number of carbonyl (C=O) groups excluding carboxylic acids is 3. The van der Waals surface area contributed by atoms with Crippen LogP contribution < -0.4 is 16.0 Å². The molecule has 0 unspecified atom stereocenters. The Balaban J connectivity index is 1.89. The van der Waals surface area contributed by atoms with Gasteiger partial charge in [0.1, 0.15) is 0 Å². The lowest BCUT2D eigenvalue weighted by atomic mass is 10.2. The summed E-state index contributed by atoms with van der Waals surface area (Å²) in [5.74, 6) is -0.632. The standard InChI is InChI=1S/C15H19N3O3/c1-2-13(19)16-9-14(20)17-12-5-3-4-10(8-12)15(21)18-11-6-7-11/h3-5,8,11H,2,6-7,9H2,1H3,(H,16,19)(H,17,20)(H,18,21). The monoisotopic (exact) mass is 289 g/mol. The Morgan fingerprint density at radius 1 is 1.19 bits per heavy atom. The molecule has 6 nitrogen and oxygen atoms in total. The first-order valence-corrected chi connectivity index (χ1v) is 7.06. The van der Waals surface area contributed by atoms with Gasteiger partial charge in [-0.05, 0) is 31.0 Å². The van der Waals surface area contributed by atoms with Crippen LogP contribution in [-0.4, -0.2) is 30.3 Å². The van der Waals surface area contributed by atoms with Crippen LogP contribution in [0, 0.1) is 0 Å². The quantitative estimate of drug-likeness (QED) is 0.731. The summed E-state index contributed by atoms with van der Waals surface area (Å²) in [5.41, 5.74) is 1.05. The summed E-state index contributed by atoms with van der Waals surface area (Å²) >= 11 is 0. The van der Waals surface area contributed by atoms with Crippen LogP contribution >= 0.6 is 0 Å². The van der Waals surface area contributed by atoms with Crippen molar-refractivity contribution < 1.29 is 14.4 Å². The molecule has 0 radical (unpaired) electrons. The highest BCUT2D eigenvalue weighted by Crippen LogP contribution is 2.20. The molecule has 1 aromatic rings. The fraction of sp³-hybridized carbons (Fsp3) is 0.400. The number of amides is 3. The van der Waals surface area contributed by atoms with Crippen LogP contribution in [0.1, 0.15) is 36.5 Å². The van der Waals surface area contributed by atoms with Gasteiger partial charge in [0.05, 0.1) is 6.54 Å². The SMILES string of the molecule is CCC(=O)NCC(=O)Nc1cccc(C(=O)NC2CC2)c1. The van der Waals surface area contributed by atoms with Crippen molar-refractivity contribution in [2.24, 2.45) is 0 Å². The average molecular weight is 289 g/mol. The Bertz CT molecular complexity index is 553. The van der Waals surface area contributed by atoms with Crippen LogP contribution in [0.5, 0.6) is 0 Å². The average Bonchev–Trinajstić information content (AvgIpc) is 3.29. The number of carbonyl (C=O) groups is 3. The summed E-state index contributed by atoms with van der Waals surface area (Å²) in [7, 11) is 0. The highest BCUT2D eigenvalue weighted by atomic mass is 16.2. The molecule has 2 rings (SSSR count). The molecule has 6 heteroatoms. The maximum Gasteiger partial charge on any atom is 0.251 e. The smallest absolute Gasteiger partial charge is 0.251 e. The van der Waals surface area contributed by atoms with E-state index in [-0.39, 0.29) is 24.3 Å². The first-order chi connectivity index (χ1) is 10.1. The molecule has 0 aromatic heterocycles. The molecule has 1 fully saturated rings. The van der Waals surface area contributed by atoms with Crippen LogP contribution in [0.25, 0.3) is 0 Å². The van der Waals surface area contributed by atoms with Gasteiger partial charge in [-0.15, -0.1) is 0 Å². The van der Waals surface area contributed by atoms with Gasteiger partial charge in [0.2, 0.25) is 11.8 Å². The molecule has 1 aliphatic carbocycles. The van der Waals surface area contributed by atoms with Gasteiger partial charge in [-0.25, -0.2) is 0 Å². The first-order valence-electron chi connectivity index (χ1n) is 7.06. The molecule has 0 atom stereocenters. The van der Waals surface area contributed by atoms with E-state index >= 15 is 0 Å². The molecule has 1 saturated carbocycles. The zero-order valence-corrected chi connectivity index (χ0v) is 11.9. The number of hydrogen-bond donors (Lipinski definition) is 3. The van der Waals surface area contributed by atoms with Gasteiger partial charge in [0, 0.05) is 23.7 Å². The second kappa shape index (κ2) is 6.88. The summed E-state index contributed by atoms with van der Waals surface area (Å²) in [5, 5.41) is 8.04. The topological polar surface area (TPSA) is 87.3 Å². The third kappa shape index (κ3) is 4.91. The lowest BCUT2D eigenvalue weighted by Crippen LogP contribution is -2.32. The zero-order chi connectivity index (χ0) is 15.2. The highest BCUT2D eigenvalue weighted by Gasteiger charge is 2.23. The lowest BCUT2D eigenvalue weighted by Gasteiger charge is -2.08. The van der Waals surface area contributed by atoms with Crippen LogP contribution in [0.4, 0.5) is 5.69 Å². The third-order valence-corrected chi connectivity index (χ3v) is 3.09. The molecule has 0 spiro atoms. The fourth-order valence-electron chi connectivity index (χ4n) is 1.74. The molecule has 0 saturated heterocycles. The van der Waals surface area contributed by atoms with Gasteiger partial charge in [-0.2, -0.15) is 0 Å². The van der Waals surface area contributed by atoms with Gasteiger partial charge >= 0.3 is 0 Å². The van der Waals surface area contributed by atoms with E-state index in [1.165, 1.54) is 0 Å². The summed E-state index contributed by atoms with van der Waals surface area (Å²) in [6, 6.07) is 7.03. The predicted octanol–water partition coefficient (Wildman–Crippen LogP) is 1.04. The number of nitrogens with one attached hydrogen (secondary N) is 3. The molecule has 1 aliphatic rings. The molecular formula is C15H19N3O3. The van der Waals surface area contributed by atoms with Crippen molar-refractivity contribution in [3.05, 3.63) is 29.8 Å². The lowest BCUT2D eigenvalue weighted by molar-refractivity contribution is -0.123. The van der Waals surface area contributed by atoms with E-state index in [9.17, 15) is 14.4 Å². The molecule has 3 N–H and O–H groups in total. The van der Waals surface area contributed by atoms with Crippen molar-refractivity contribution in [3.63, 3.8) is 0 Å². The van der Waals surface area contributed by atoms with Gasteiger partial charge < -0.3 is 16.0 Å². The van der Waals surface area contributed by atoms with Crippen LogP contribution in [0.3, 0.4) is 0 Å². The van der Waals surface area contributed by atoms with E-state index in [4.69, 9.17) is 0 Å². The summed E-state index contributed by atoms with van der Waals surface area (Å²) in [4.78, 5) is 34.7. The second-order valence-corrected chi connectivity index (χ2v) is 5.01. The summed E-state index contributed by atoms with van der Waals surface area (Å²) < 4.78 is 0. The molecule has 0 heterocycles. The fourth-order valence-corrected chi connectivity index (χ4v) is 1.74. The van der Waals surface area contributed by atoms with Crippen LogP contribution in [0.15, 0.2) is 24.3 Å². The second-order valence-electron chi connectivity index (χ2n) is 5.01. The normalized spacial score (nSPS) is 13.4. The predicted molar refractivity (Wildman–Crippen MR) is 78.9 cm³/mol. The number of benzene rings is 1. The first kappa shape index (κ1) is 15.0. The molecule has 21 heavy (non-hydrogen) atoms. The Labute approximate surface area is 123 Å². The molecular weight excluding hydrogens is 270 g/mol. The maximum atomic E-state index is 11.9. The number of anilines is 1.